The van der Waals surface area contributed by atoms with Gasteiger partial charge in [0, 0.05) is 0 Å². The fourth-order valence-corrected chi connectivity index (χ4v) is 1.28. The van der Waals surface area contributed by atoms with Crippen LogP contribution in [-0.2, 0) is 19.1 Å². The molecule has 0 saturated carbocycles. The van der Waals surface area contributed by atoms with Crippen LogP contribution in [0.5, 0.6) is 0 Å². The summed E-state index contributed by atoms with van der Waals surface area (Å²) in [5.74, 6) is -1.17. The lowest BCUT2D eigenvalue weighted by Gasteiger charge is -2.24. The van der Waals surface area contributed by atoms with Crippen LogP contribution in [0.3, 0.4) is 0 Å². The maximum atomic E-state index is 11.9. The zero-order valence-corrected chi connectivity index (χ0v) is 14.4. The minimum absolute atomic E-state index is 0.565. The summed E-state index contributed by atoms with van der Waals surface area (Å²) in [4.78, 5) is 35.2. The molecular weight excluding hydrogens is 288 g/mol. The van der Waals surface area contributed by atoms with E-state index >= 15 is 0 Å². The molecule has 0 rings (SSSR count). The molecule has 0 aromatic carbocycles. The normalized spacial score (nSPS) is 14.5. The average Bonchev–Trinajstić information content (AvgIpc) is 2.23. The number of alkyl carbamates (subject to hydrolysis) is 1. The van der Waals surface area contributed by atoms with Gasteiger partial charge < -0.3 is 20.1 Å². The standard InChI is InChI=1S/C15H27N2O5/c1-9(17-13(20)22-15(6,7)8)11(18)16-10(2)12(19)21-14(3,4)5/h9-10H,1H2,2-8H3,(H,16,18)(H,17,20)/t9-,10-/m0/s1. The van der Waals surface area contributed by atoms with Gasteiger partial charge in [0.05, 0.1) is 0 Å². The van der Waals surface area contributed by atoms with Crippen molar-refractivity contribution in [1.82, 2.24) is 10.6 Å². The summed E-state index contributed by atoms with van der Waals surface area (Å²) in [6.07, 6.45) is -0.757. The highest BCUT2D eigenvalue weighted by Crippen LogP contribution is 2.09. The summed E-state index contributed by atoms with van der Waals surface area (Å²) in [6.45, 7) is 15.3. The van der Waals surface area contributed by atoms with E-state index in [2.05, 4.69) is 17.6 Å². The fourth-order valence-electron chi connectivity index (χ4n) is 1.28. The molecule has 0 saturated heterocycles. The third kappa shape index (κ3) is 9.20. The van der Waals surface area contributed by atoms with E-state index in [4.69, 9.17) is 9.47 Å². The van der Waals surface area contributed by atoms with E-state index in [1.807, 2.05) is 0 Å². The Morgan fingerprint density at radius 2 is 1.36 bits per heavy atom. The zero-order valence-electron chi connectivity index (χ0n) is 14.4. The molecule has 0 bridgehead atoms. The van der Waals surface area contributed by atoms with Crippen LogP contribution >= 0.6 is 0 Å². The summed E-state index contributed by atoms with van der Waals surface area (Å²) < 4.78 is 10.2. The van der Waals surface area contributed by atoms with Gasteiger partial charge in [0.2, 0.25) is 5.91 Å². The van der Waals surface area contributed by atoms with Crippen molar-refractivity contribution >= 4 is 18.0 Å². The molecule has 127 valence electrons. The molecular formula is C15H27N2O5. The highest BCUT2D eigenvalue weighted by molar-refractivity contribution is 5.90. The van der Waals surface area contributed by atoms with E-state index in [1.165, 1.54) is 6.92 Å². The van der Waals surface area contributed by atoms with Crippen molar-refractivity contribution in [2.45, 2.75) is 71.8 Å². The first-order chi connectivity index (χ1) is 9.71. The number of rotatable bonds is 4. The first kappa shape index (κ1) is 20.2. The average molecular weight is 315 g/mol. The van der Waals surface area contributed by atoms with Crippen LogP contribution in [0, 0.1) is 6.92 Å². The molecule has 0 unspecified atom stereocenters. The molecule has 2 amide bonds. The molecule has 7 nitrogen and oxygen atoms in total. The molecule has 0 heterocycles. The Morgan fingerprint density at radius 1 is 0.909 bits per heavy atom. The molecule has 0 aliphatic rings. The van der Waals surface area contributed by atoms with Gasteiger partial charge in [0.25, 0.3) is 0 Å². The number of carbonyl (C=O) groups is 3. The number of hydrogen-bond donors (Lipinski definition) is 2. The van der Waals surface area contributed by atoms with Crippen LogP contribution in [0.25, 0.3) is 0 Å². The molecule has 2 atom stereocenters. The second-order valence-electron chi connectivity index (χ2n) is 6.96. The molecule has 1 radical (unpaired) electrons. The van der Waals surface area contributed by atoms with Gasteiger partial charge >= 0.3 is 12.1 Å². The van der Waals surface area contributed by atoms with Crippen molar-refractivity contribution in [1.29, 1.82) is 0 Å². The number of carbonyl (C=O) groups excluding carboxylic acids is 3. The smallest absolute Gasteiger partial charge is 0.408 e. The Kier molecular flexibility index (Phi) is 6.86. The summed E-state index contributed by atoms with van der Waals surface area (Å²) in [5, 5.41) is 4.72. The van der Waals surface area contributed by atoms with Gasteiger partial charge in [-0.15, -0.1) is 0 Å². The SMILES string of the molecule is [CH2][C@H](NC(=O)OC(C)(C)C)C(=O)N[C@@H](C)C(=O)OC(C)(C)C. The van der Waals surface area contributed by atoms with Crippen molar-refractivity contribution < 1.29 is 23.9 Å². The number of nitrogens with one attached hydrogen (secondary N) is 2. The predicted molar refractivity (Wildman–Crippen MR) is 82.0 cm³/mol. The quantitative estimate of drug-likeness (QED) is 0.768. The lowest BCUT2D eigenvalue weighted by atomic mass is 10.2. The second kappa shape index (κ2) is 7.47. The minimum atomic E-state index is -1.08. The van der Waals surface area contributed by atoms with Gasteiger partial charge in [-0.1, -0.05) is 0 Å². The maximum Gasteiger partial charge on any atom is 0.408 e. The van der Waals surface area contributed by atoms with Crippen molar-refractivity contribution in [2.75, 3.05) is 0 Å². The molecule has 2 N–H and O–H groups in total. The molecule has 0 aromatic heterocycles. The van der Waals surface area contributed by atoms with Crippen LogP contribution in [0.15, 0.2) is 0 Å². The molecule has 0 aromatic rings. The van der Waals surface area contributed by atoms with E-state index in [9.17, 15) is 14.4 Å². The minimum Gasteiger partial charge on any atom is -0.458 e. The van der Waals surface area contributed by atoms with Crippen molar-refractivity contribution in [3.05, 3.63) is 6.92 Å². The summed E-state index contributed by atoms with van der Waals surface area (Å²) >= 11 is 0. The third-order valence-electron chi connectivity index (χ3n) is 2.13. The van der Waals surface area contributed by atoms with Crippen LogP contribution in [0.1, 0.15) is 48.5 Å². The largest absolute Gasteiger partial charge is 0.458 e. The van der Waals surface area contributed by atoms with Gasteiger partial charge in [0.1, 0.15) is 23.3 Å². The highest BCUT2D eigenvalue weighted by atomic mass is 16.6. The molecule has 0 aliphatic heterocycles. The van der Waals surface area contributed by atoms with Gasteiger partial charge in [-0.05, 0) is 55.4 Å². The molecule has 0 spiro atoms. The number of amides is 2. The van der Waals surface area contributed by atoms with Gasteiger partial charge in [-0.2, -0.15) is 0 Å². The topological polar surface area (TPSA) is 93.7 Å². The van der Waals surface area contributed by atoms with Crippen LogP contribution < -0.4 is 10.6 Å². The molecule has 0 fully saturated rings. The van der Waals surface area contributed by atoms with Gasteiger partial charge in [-0.25, -0.2) is 9.59 Å². The van der Waals surface area contributed by atoms with Crippen LogP contribution in [-0.4, -0.2) is 41.3 Å². The van der Waals surface area contributed by atoms with Crippen molar-refractivity contribution in [2.24, 2.45) is 0 Å². The molecule has 7 heteroatoms. The Balaban J connectivity index is 4.41. The predicted octanol–water partition coefficient (Wildman–Crippen LogP) is 1.56. The summed E-state index contributed by atoms with van der Waals surface area (Å²) in [7, 11) is 0. The Hall–Kier alpha value is -1.79. The molecule has 0 aliphatic carbocycles. The zero-order chi connectivity index (χ0) is 17.7. The summed E-state index contributed by atoms with van der Waals surface area (Å²) in [5.41, 5.74) is -1.32. The van der Waals surface area contributed by atoms with Gasteiger partial charge in [0.15, 0.2) is 0 Å². The maximum absolute atomic E-state index is 11.9. The Morgan fingerprint density at radius 3 is 1.77 bits per heavy atom. The van der Waals surface area contributed by atoms with E-state index < -0.39 is 41.3 Å². The van der Waals surface area contributed by atoms with Crippen molar-refractivity contribution in [3.63, 3.8) is 0 Å². The second-order valence-corrected chi connectivity index (χ2v) is 6.96. The fraction of sp³-hybridized carbons (Fsp3) is 0.733. The van der Waals surface area contributed by atoms with E-state index in [1.54, 1.807) is 41.5 Å². The van der Waals surface area contributed by atoms with Crippen LogP contribution in [0.4, 0.5) is 4.79 Å². The monoisotopic (exact) mass is 315 g/mol. The van der Waals surface area contributed by atoms with Crippen molar-refractivity contribution in [3.8, 4) is 0 Å². The van der Waals surface area contributed by atoms with Gasteiger partial charge in [-0.3, -0.25) is 4.79 Å². The number of esters is 1. The third-order valence-corrected chi connectivity index (χ3v) is 2.13. The lowest BCUT2D eigenvalue weighted by Crippen LogP contribution is -2.51. The lowest BCUT2D eigenvalue weighted by molar-refractivity contribution is -0.158. The van der Waals surface area contributed by atoms with Crippen LogP contribution in [0.2, 0.25) is 0 Å². The van der Waals surface area contributed by atoms with E-state index in [-0.39, 0.29) is 0 Å². The first-order valence-electron chi connectivity index (χ1n) is 7.07. The Labute approximate surface area is 132 Å². The number of ether oxygens (including phenoxy) is 2. The molecule has 22 heavy (non-hydrogen) atoms. The first-order valence-corrected chi connectivity index (χ1v) is 7.07. The highest BCUT2D eigenvalue weighted by Gasteiger charge is 2.26. The number of hydrogen-bond acceptors (Lipinski definition) is 5. The Bertz CT molecular complexity index is 421. The van der Waals surface area contributed by atoms with E-state index in [0.717, 1.165) is 0 Å². The summed E-state index contributed by atoms with van der Waals surface area (Å²) in [6, 6.07) is -1.93. The van der Waals surface area contributed by atoms with E-state index in [0.29, 0.717) is 0 Å².